The number of sulfonamides is 1. The Hall–Kier alpha value is -1.40. The van der Waals surface area contributed by atoms with Crippen LogP contribution >= 0.6 is 0 Å². The monoisotopic (exact) mass is 296 g/mol. The van der Waals surface area contributed by atoms with E-state index in [1.807, 2.05) is 13.8 Å². The molecule has 1 aliphatic rings. The maximum absolute atomic E-state index is 12.3. The summed E-state index contributed by atoms with van der Waals surface area (Å²) in [6, 6.07) is 6.88. The molecule has 1 fully saturated rings. The minimum atomic E-state index is -3.40. The van der Waals surface area contributed by atoms with Gasteiger partial charge in [0.15, 0.2) is 0 Å². The van der Waals surface area contributed by atoms with Crippen molar-refractivity contribution in [3.8, 4) is 0 Å². The van der Waals surface area contributed by atoms with Crippen molar-refractivity contribution in [2.45, 2.75) is 31.1 Å². The number of benzene rings is 1. The fourth-order valence-corrected chi connectivity index (χ4v) is 3.92. The zero-order valence-electron chi connectivity index (χ0n) is 11.8. The van der Waals surface area contributed by atoms with Crippen LogP contribution in [0.2, 0.25) is 0 Å². The minimum Gasteiger partial charge on any atom is -0.355 e. The molecule has 1 aliphatic heterocycles. The number of hydrogen-bond donors (Lipinski definition) is 1. The summed E-state index contributed by atoms with van der Waals surface area (Å²) in [6.07, 6.45) is 0.474. The van der Waals surface area contributed by atoms with E-state index in [1.54, 1.807) is 24.3 Å². The molecule has 1 aromatic carbocycles. The molecule has 1 aromatic rings. The largest absolute Gasteiger partial charge is 0.355 e. The maximum Gasteiger partial charge on any atom is 0.243 e. The van der Waals surface area contributed by atoms with Gasteiger partial charge < -0.3 is 5.32 Å². The van der Waals surface area contributed by atoms with Crippen molar-refractivity contribution in [3.63, 3.8) is 0 Å². The van der Waals surface area contributed by atoms with Gasteiger partial charge in [-0.3, -0.25) is 4.79 Å². The van der Waals surface area contributed by atoms with Gasteiger partial charge in [0.25, 0.3) is 0 Å². The highest BCUT2D eigenvalue weighted by molar-refractivity contribution is 7.89. The lowest BCUT2D eigenvalue weighted by molar-refractivity contribution is -0.119. The molecule has 0 radical (unpaired) electrons. The highest BCUT2D eigenvalue weighted by atomic mass is 32.2. The van der Waals surface area contributed by atoms with Gasteiger partial charge >= 0.3 is 0 Å². The highest BCUT2D eigenvalue weighted by Gasteiger charge is 2.25. The fraction of sp³-hybridized carbons (Fsp3) is 0.500. The van der Waals surface area contributed by atoms with Gasteiger partial charge in [0.2, 0.25) is 15.9 Å². The number of hydrogen-bond acceptors (Lipinski definition) is 3. The molecule has 1 saturated heterocycles. The standard InChI is InChI=1S/C14H20N2O3S/c1-3-16(4-2)20(18,19)13-7-5-11(6-8-13)12-9-14(17)15-10-12/h5-8,12H,3-4,9-10H2,1-2H3,(H,15,17)/t12-/m1/s1. The Balaban J connectivity index is 2.22. The predicted molar refractivity (Wildman–Crippen MR) is 76.9 cm³/mol. The van der Waals surface area contributed by atoms with Gasteiger partial charge in [-0.15, -0.1) is 0 Å². The molecule has 1 amide bonds. The normalized spacial score (nSPS) is 19.4. The van der Waals surface area contributed by atoms with Crippen molar-refractivity contribution >= 4 is 15.9 Å². The molecule has 0 saturated carbocycles. The number of nitrogens with zero attached hydrogens (tertiary/aromatic N) is 1. The Morgan fingerprint density at radius 1 is 1.20 bits per heavy atom. The SMILES string of the molecule is CCN(CC)S(=O)(=O)c1ccc([C@H]2CNC(=O)C2)cc1. The van der Waals surface area contributed by atoms with Crippen LogP contribution in [0.15, 0.2) is 29.2 Å². The third-order valence-electron chi connectivity index (χ3n) is 3.67. The van der Waals surface area contributed by atoms with Crippen LogP contribution in [-0.4, -0.2) is 38.3 Å². The van der Waals surface area contributed by atoms with Crippen molar-refractivity contribution < 1.29 is 13.2 Å². The van der Waals surface area contributed by atoms with Crippen LogP contribution in [0.25, 0.3) is 0 Å². The van der Waals surface area contributed by atoms with Gasteiger partial charge in [-0.1, -0.05) is 26.0 Å². The van der Waals surface area contributed by atoms with E-state index in [1.165, 1.54) is 4.31 Å². The van der Waals surface area contributed by atoms with E-state index in [2.05, 4.69) is 5.32 Å². The molecule has 0 bridgehead atoms. The quantitative estimate of drug-likeness (QED) is 0.891. The Morgan fingerprint density at radius 2 is 1.80 bits per heavy atom. The first-order valence-electron chi connectivity index (χ1n) is 6.85. The highest BCUT2D eigenvalue weighted by Crippen LogP contribution is 2.25. The van der Waals surface area contributed by atoms with Crippen molar-refractivity contribution in [1.29, 1.82) is 0 Å². The third-order valence-corrected chi connectivity index (χ3v) is 5.74. The average molecular weight is 296 g/mol. The van der Waals surface area contributed by atoms with Crippen LogP contribution in [0.1, 0.15) is 31.7 Å². The number of rotatable bonds is 5. The molecule has 1 atom stereocenters. The van der Waals surface area contributed by atoms with Crippen LogP contribution < -0.4 is 5.32 Å². The summed E-state index contributed by atoms with van der Waals surface area (Å²) < 4.78 is 26.1. The molecule has 20 heavy (non-hydrogen) atoms. The molecule has 110 valence electrons. The molecule has 0 spiro atoms. The Kier molecular flexibility index (Phi) is 4.45. The molecule has 2 rings (SSSR count). The van der Waals surface area contributed by atoms with Gasteiger partial charge in [-0.05, 0) is 17.7 Å². The van der Waals surface area contributed by atoms with E-state index < -0.39 is 10.0 Å². The molecule has 0 aliphatic carbocycles. The minimum absolute atomic E-state index is 0.0508. The number of carbonyl (C=O) groups excluding carboxylic acids is 1. The number of carbonyl (C=O) groups is 1. The lowest BCUT2D eigenvalue weighted by atomic mass is 9.99. The maximum atomic E-state index is 12.3. The van der Waals surface area contributed by atoms with E-state index in [9.17, 15) is 13.2 Å². The molecule has 6 heteroatoms. The van der Waals surface area contributed by atoms with Gasteiger partial charge in [-0.2, -0.15) is 4.31 Å². The molecule has 1 N–H and O–H groups in total. The molecule has 5 nitrogen and oxygen atoms in total. The number of amides is 1. The van der Waals surface area contributed by atoms with Gasteiger partial charge in [-0.25, -0.2) is 8.42 Å². The van der Waals surface area contributed by atoms with E-state index in [4.69, 9.17) is 0 Å². The predicted octanol–water partition coefficient (Wildman–Crippen LogP) is 1.32. The summed E-state index contributed by atoms with van der Waals surface area (Å²) >= 11 is 0. The van der Waals surface area contributed by atoms with Gasteiger partial charge in [0.1, 0.15) is 0 Å². The van der Waals surface area contributed by atoms with Crippen molar-refractivity contribution in [1.82, 2.24) is 9.62 Å². The molecule has 0 aromatic heterocycles. The van der Waals surface area contributed by atoms with Gasteiger partial charge in [0.05, 0.1) is 4.90 Å². The Labute approximate surface area is 120 Å². The molecule has 1 heterocycles. The molecular formula is C14H20N2O3S. The first-order chi connectivity index (χ1) is 9.48. The summed E-state index contributed by atoms with van der Waals surface area (Å²) in [5.74, 6) is 0.197. The number of nitrogens with one attached hydrogen (secondary N) is 1. The van der Waals surface area contributed by atoms with Gasteiger partial charge in [0, 0.05) is 32.0 Å². The van der Waals surface area contributed by atoms with Crippen LogP contribution in [0, 0.1) is 0 Å². The zero-order valence-corrected chi connectivity index (χ0v) is 12.6. The first-order valence-corrected chi connectivity index (χ1v) is 8.29. The van der Waals surface area contributed by atoms with Crippen LogP contribution in [0.4, 0.5) is 0 Å². The zero-order chi connectivity index (χ0) is 14.8. The third kappa shape index (κ3) is 2.86. The van der Waals surface area contributed by atoms with E-state index in [0.717, 1.165) is 5.56 Å². The molecular weight excluding hydrogens is 276 g/mol. The topological polar surface area (TPSA) is 66.5 Å². The molecule has 0 unspecified atom stereocenters. The van der Waals surface area contributed by atoms with E-state index >= 15 is 0 Å². The second kappa shape index (κ2) is 5.93. The van der Waals surface area contributed by atoms with Crippen molar-refractivity contribution in [2.75, 3.05) is 19.6 Å². The van der Waals surface area contributed by atoms with E-state index in [-0.39, 0.29) is 11.8 Å². The first kappa shape index (κ1) is 15.0. The lowest BCUT2D eigenvalue weighted by Gasteiger charge is -2.18. The summed E-state index contributed by atoms with van der Waals surface area (Å²) in [4.78, 5) is 11.5. The summed E-state index contributed by atoms with van der Waals surface area (Å²) in [5.41, 5.74) is 1.00. The second-order valence-corrected chi connectivity index (χ2v) is 6.80. The van der Waals surface area contributed by atoms with Crippen molar-refractivity contribution in [2.24, 2.45) is 0 Å². The van der Waals surface area contributed by atoms with Crippen LogP contribution in [-0.2, 0) is 14.8 Å². The average Bonchev–Trinajstić information content (AvgIpc) is 2.87. The van der Waals surface area contributed by atoms with Crippen molar-refractivity contribution in [3.05, 3.63) is 29.8 Å². The smallest absolute Gasteiger partial charge is 0.243 e. The Bertz CT molecular complexity index is 577. The van der Waals surface area contributed by atoms with Crippen LogP contribution in [0.3, 0.4) is 0 Å². The Morgan fingerprint density at radius 3 is 2.25 bits per heavy atom. The second-order valence-electron chi connectivity index (χ2n) is 4.86. The summed E-state index contributed by atoms with van der Waals surface area (Å²) in [5, 5.41) is 2.78. The summed E-state index contributed by atoms with van der Waals surface area (Å²) in [6.45, 7) is 5.20. The van der Waals surface area contributed by atoms with E-state index in [0.29, 0.717) is 31.0 Å². The fourth-order valence-electron chi connectivity index (χ4n) is 2.47. The summed E-state index contributed by atoms with van der Waals surface area (Å²) in [7, 11) is -3.40. The van der Waals surface area contributed by atoms with Crippen LogP contribution in [0.5, 0.6) is 0 Å². The lowest BCUT2D eigenvalue weighted by Crippen LogP contribution is -2.30.